The van der Waals surface area contributed by atoms with Gasteiger partial charge in [0.25, 0.3) is 0 Å². The van der Waals surface area contributed by atoms with Gasteiger partial charge < -0.3 is 25.0 Å². The van der Waals surface area contributed by atoms with Crippen molar-refractivity contribution in [3.8, 4) is 0 Å². The standard InChI is InChI=1S/C23H21F2N3O4/c24-17-19(26-7-8-29)16-20(28(14-5-6-14)11-15(22(16)30)23(31)32)18(25)21(17)27-9-12-3-1-2-4-13(12)10-27/h1-4,11,14,26,29H,5-10H2,(H,31,32). The average molecular weight is 441 g/mol. The Morgan fingerprint density at radius 2 is 1.78 bits per heavy atom. The number of nitrogens with zero attached hydrogens (tertiary/aromatic N) is 2. The number of fused-ring (bicyclic) bond motifs is 2. The highest BCUT2D eigenvalue weighted by atomic mass is 19.1. The topological polar surface area (TPSA) is 94.8 Å². The third-order valence-corrected chi connectivity index (χ3v) is 6.07. The van der Waals surface area contributed by atoms with E-state index in [1.54, 1.807) is 4.90 Å². The number of aliphatic hydroxyl groups is 1. The van der Waals surface area contributed by atoms with Crippen molar-refractivity contribution in [1.29, 1.82) is 0 Å². The Kier molecular flexibility index (Phi) is 4.85. The molecule has 0 unspecified atom stereocenters. The minimum absolute atomic E-state index is 0.0858. The summed E-state index contributed by atoms with van der Waals surface area (Å²) >= 11 is 0. The molecule has 32 heavy (non-hydrogen) atoms. The van der Waals surface area contributed by atoms with Crippen molar-refractivity contribution in [3.05, 3.63) is 69.0 Å². The minimum Gasteiger partial charge on any atom is -0.477 e. The maximum atomic E-state index is 16.0. The fraction of sp³-hybridized carbons (Fsp3) is 0.304. The normalized spacial score (nSPS) is 15.3. The Morgan fingerprint density at radius 1 is 1.12 bits per heavy atom. The number of nitrogens with one attached hydrogen (secondary N) is 1. The van der Waals surface area contributed by atoms with Crippen LogP contribution in [0.1, 0.15) is 40.4 Å². The second-order valence-corrected chi connectivity index (χ2v) is 8.17. The lowest BCUT2D eigenvalue weighted by atomic mass is 10.1. The summed E-state index contributed by atoms with van der Waals surface area (Å²) in [5, 5.41) is 21.1. The molecule has 2 aromatic carbocycles. The predicted octanol–water partition coefficient (Wildman–Crippen LogP) is 3.24. The summed E-state index contributed by atoms with van der Waals surface area (Å²) in [4.78, 5) is 26.3. The highest BCUT2D eigenvalue weighted by Crippen LogP contribution is 2.43. The fourth-order valence-electron chi connectivity index (χ4n) is 4.43. The van der Waals surface area contributed by atoms with E-state index in [1.807, 2.05) is 24.3 Å². The number of halogens is 2. The molecular formula is C23H21F2N3O4. The maximum Gasteiger partial charge on any atom is 0.341 e. The first-order valence-electron chi connectivity index (χ1n) is 10.4. The van der Waals surface area contributed by atoms with Gasteiger partial charge in [-0.05, 0) is 24.0 Å². The molecular weight excluding hydrogens is 420 g/mol. The van der Waals surface area contributed by atoms with E-state index in [2.05, 4.69) is 5.32 Å². The molecule has 1 aromatic heterocycles. The molecule has 1 fully saturated rings. The Morgan fingerprint density at radius 3 is 2.34 bits per heavy atom. The lowest BCUT2D eigenvalue weighted by Gasteiger charge is -2.24. The summed E-state index contributed by atoms with van der Waals surface area (Å²) in [6.45, 7) is 0.168. The number of carbonyl (C=O) groups is 1. The quantitative estimate of drug-likeness (QED) is 0.544. The molecule has 166 valence electrons. The van der Waals surface area contributed by atoms with Crippen LogP contribution in [-0.2, 0) is 13.1 Å². The Labute approximate surface area is 181 Å². The van der Waals surface area contributed by atoms with Crippen LogP contribution < -0.4 is 15.6 Å². The summed E-state index contributed by atoms with van der Waals surface area (Å²) in [5.74, 6) is -3.32. The summed E-state index contributed by atoms with van der Waals surface area (Å²) in [7, 11) is 0. The molecule has 7 nitrogen and oxygen atoms in total. The van der Waals surface area contributed by atoms with Crippen LogP contribution in [0.25, 0.3) is 10.9 Å². The van der Waals surface area contributed by atoms with E-state index >= 15 is 8.78 Å². The van der Waals surface area contributed by atoms with Gasteiger partial charge in [-0.25, -0.2) is 13.6 Å². The molecule has 0 radical (unpaired) electrons. The number of aliphatic hydroxyl groups excluding tert-OH is 1. The van der Waals surface area contributed by atoms with Crippen molar-refractivity contribution in [1.82, 2.24) is 4.57 Å². The van der Waals surface area contributed by atoms with Crippen LogP contribution in [0.5, 0.6) is 0 Å². The third-order valence-electron chi connectivity index (χ3n) is 6.07. The maximum absolute atomic E-state index is 16.0. The molecule has 2 heterocycles. The van der Waals surface area contributed by atoms with Crippen LogP contribution in [0.4, 0.5) is 20.2 Å². The lowest BCUT2D eigenvalue weighted by Crippen LogP contribution is -2.25. The number of carboxylic acids is 1. The number of hydrogen-bond acceptors (Lipinski definition) is 5. The van der Waals surface area contributed by atoms with Crippen molar-refractivity contribution in [3.63, 3.8) is 0 Å². The molecule has 2 aliphatic rings. The van der Waals surface area contributed by atoms with Gasteiger partial charge in [-0.3, -0.25) is 4.79 Å². The van der Waals surface area contributed by atoms with Gasteiger partial charge in [0.2, 0.25) is 5.43 Å². The largest absolute Gasteiger partial charge is 0.477 e. The molecule has 3 N–H and O–H groups in total. The van der Waals surface area contributed by atoms with Crippen molar-refractivity contribution in [2.75, 3.05) is 23.4 Å². The SMILES string of the molecule is O=C(O)c1cn(C2CC2)c2c(F)c(N3Cc4ccccc4C3)c(F)c(NCCO)c2c1=O. The first-order valence-corrected chi connectivity index (χ1v) is 10.4. The summed E-state index contributed by atoms with van der Waals surface area (Å²) < 4.78 is 33.3. The number of pyridine rings is 1. The van der Waals surface area contributed by atoms with E-state index in [1.165, 1.54) is 4.57 Å². The first-order chi connectivity index (χ1) is 15.4. The first kappa shape index (κ1) is 20.4. The average Bonchev–Trinajstić information content (AvgIpc) is 3.52. The third kappa shape index (κ3) is 3.12. The van der Waals surface area contributed by atoms with Crippen LogP contribution >= 0.6 is 0 Å². The van der Waals surface area contributed by atoms with Crippen molar-refractivity contribution in [2.24, 2.45) is 0 Å². The zero-order valence-corrected chi connectivity index (χ0v) is 17.1. The number of anilines is 2. The molecule has 1 saturated carbocycles. The molecule has 9 heteroatoms. The van der Waals surface area contributed by atoms with Crippen molar-refractivity contribution < 1.29 is 23.8 Å². The summed E-state index contributed by atoms with van der Waals surface area (Å²) in [6.07, 6.45) is 2.57. The molecule has 0 amide bonds. The summed E-state index contributed by atoms with van der Waals surface area (Å²) in [5.41, 5.74) is -0.269. The van der Waals surface area contributed by atoms with Crippen LogP contribution in [0, 0.1) is 11.6 Å². The van der Waals surface area contributed by atoms with Gasteiger partial charge in [0.1, 0.15) is 11.3 Å². The smallest absolute Gasteiger partial charge is 0.341 e. The highest BCUT2D eigenvalue weighted by Gasteiger charge is 2.34. The second-order valence-electron chi connectivity index (χ2n) is 8.17. The van der Waals surface area contributed by atoms with Crippen molar-refractivity contribution >= 4 is 28.2 Å². The highest BCUT2D eigenvalue weighted by molar-refractivity contribution is 6.00. The van der Waals surface area contributed by atoms with E-state index in [0.717, 1.165) is 17.3 Å². The van der Waals surface area contributed by atoms with E-state index in [9.17, 15) is 19.8 Å². The van der Waals surface area contributed by atoms with E-state index < -0.39 is 28.6 Å². The molecule has 3 aromatic rings. The fourth-order valence-corrected chi connectivity index (χ4v) is 4.43. The van der Waals surface area contributed by atoms with E-state index in [0.29, 0.717) is 25.9 Å². The molecule has 1 aliphatic carbocycles. The Bertz CT molecular complexity index is 1290. The van der Waals surface area contributed by atoms with Crippen LogP contribution in [0.3, 0.4) is 0 Å². The summed E-state index contributed by atoms with van der Waals surface area (Å²) in [6, 6.07) is 7.36. The molecule has 0 saturated heterocycles. The Balaban J connectivity index is 1.81. The number of benzene rings is 2. The van der Waals surface area contributed by atoms with Crippen LogP contribution in [0.15, 0.2) is 35.3 Å². The second kappa shape index (κ2) is 7.59. The number of rotatable bonds is 6. The van der Waals surface area contributed by atoms with Gasteiger partial charge in [0.15, 0.2) is 11.6 Å². The van der Waals surface area contributed by atoms with Gasteiger partial charge in [-0.1, -0.05) is 24.3 Å². The van der Waals surface area contributed by atoms with E-state index in [-0.39, 0.29) is 41.5 Å². The van der Waals surface area contributed by atoms with Gasteiger partial charge in [-0.15, -0.1) is 0 Å². The molecule has 0 atom stereocenters. The zero-order chi connectivity index (χ0) is 22.6. The van der Waals surface area contributed by atoms with Gasteiger partial charge in [0.05, 0.1) is 23.2 Å². The van der Waals surface area contributed by atoms with Crippen LogP contribution in [0.2, 0.25) is 0 Å². The zero-order valence-electron chi connectivity index (χ0n) is 17.1. The molecule has 5 rings (SSSR count). The number of aromatic carboxylic acids is 1. The Hall–Kier alpha value is -3.46. The number of aromatic nitrogens is 1. The van der Waals surface area contributed by atoms with Gasteiger partial charge >= 0.3 is 5.97 Å². The van der Waals surface area contributed by atoms with Gasteiger partial charge in [0, 0.05) is 31.9 Å². The van der Waals surface area contributed by atoms with Gasteiger partial charge in [-0.2, -0.15) is 0 Å². The lowest BCUT2D eigenvalue weighted by molar-refractivity contribution is 0.0694. The monoisotopic (exact) mass is 441 g/mol. The number of hydrogen-bond donors (Lipinski definition) is 3. The molecule has 0 bridgehead atoms. The minimum atomic E-state index is -1.46. The van der Waals surface area contributed by atoms with Crippen LogP contribution in [-0.4, -0.2) is 33.9 Å². The molecule has 1 aliphatic heterocycles. The van der Waals surface area contributed by atoms with Crippen molar-refractivity contribution in [2.45, 2.75) is 32.0 Å². The molecule has 0 spiro atoms. The predicted molar refractivity (Wildman–Crippen MR) is 115 cm³/mol. The van der Waals surface area contributed by atoms with E-state index in [4.69, 9.17) is 0 Å². The number of carboxylic acid groups (broad SMARTS) is 1.